The van der Waals surface area contributed by atoms with Crippen LogP contribution in [0.2, 0.25) is 0 Å². The van der Waals surface area contributed by atoms with Gasteiger partial charge in [0.2, 0.25) is 0 Å². The first kappa shape index (κ1) is 20.8. The number of esters is 1. The molecule has 0 heterocycles. The summed E-state index contributed by atoms with van der Waals surface area (Å²) in [4.78, 5) is 22.9. The molecule has 7 atom stereocenters. The van der Waals surface area contributed by atoms with Crippen LogP contribution in [0.3, 0.4) is 0 Å². The molecule has 160 valence electrons. The van der Waals surface area contributed by atoms with Crippen LogP contribution >= 0.6 is 0 Å². The predicted octanol–water partition coefficient (Wildman–Crippen LogP) is 5.28. The molecule has 0 amide bonds. The van der Waals surface area contributed by atoms with Gasteiger partial charge in [0.1, 0.15) is 11.9 Å². The second-order valence-electron chi connectivity index (χ2n) is 10.2. The van der Waals surface area contributed by atoms with Crippen molar-refractivity contribution < 1.29 is 27.5 Å². The largest absolute Gasteiger partial charge is 0.492 e. The molecular weight excluding hydrogens is 381 g/mol. The zero-order valence-electron chi connectivity index (χ0n) is 17.1. The second kappa shape index (κ2) is 7.03. The molecule has 4 fully saturated rings. The number of fused-ring (bicyclic) bond motifs is 5. The van der Waals surface area contributed by atoms with Crippen molar-refractivity contribution in [2.45, 2.75) is 77.8 Å². The van der Waals surface area contributed by atoms with E-state index in [0.29, 0.717) is 35.9 Å². The third-order valence-electron chi connectivity index (χ3n) is 9.09. The Kier molecular flexibility index (Phi) is 5.03. The summed E-state index contributed by atoms with van der Waals surface area (Å²) in [6.45, 7) is 4.62. The molecular formula is C23H29F3O3. The van der Waals surface area contributed by atoms with Gasteiger partial charge < -0.3 is 4.74 Å². The minimum Gasteiger partial charge on any atom is -0.365 e. The van der Waals surface area contributed by atoms with E-state index in [1.807, 2.05) is 0 Å². The lowest BCUT2D eigenvalue weighted by atomic mass is 9.45. The minimum absolute atomic E-state index is 0.0343. The fraction of sp³-hybridized carbons (Fsp3) is 0.826. The summed E-state index contributed by atoms with van der Waals surface area (Å²) < 4.78 is 41.1. The van der Waals surface area contributed by atoms with Gasteiger partial charge >= 0.3 is 12.1 Å². The number of Topliss-reactive ketones (excluding diaryl/α,β-unsaturated/α-hetero) is 1. The molecule has 0 aromatic carbocycles. The molecule has 0 bridgehead atoms. The fourth-order valence-corrected chi connectivity index (χ4v) is 7.49. The lowest BCUT2D eigenvalue weighted by molar-refractivity contribution is -0.192. The molecule has 0 spiro atoms. The Hall–Kier alpha value is -1.51. The molecule has 4 rings (SSSR count). The van der Waals surface area contributed by atoms with E-state index in [4.69, 9.17) is 0 Å². The van der Waals surface area contributed by atoms with Gasteiger partial charge in [0.05, 0.1) is 0 Å². The van der Waals surface area contributed by atoms with Crippen LogP contribution in [0, 0.1) is 52.4 Å². The van der Waals surface area contributed by atoms with Gasteiger partial charge in [-0.05, 0) is 79.4 Å². The summed E-state index contributed by atoms with van der Waals surface area (Å²) >= 11 is 0. The SMILES string of the molecule is C[C@]12CC[C@H]3[C@@H](CCC4CC(=O)CC[C@@]43C)[C@@H]1CC[C@@H]2C#COC(=O)C(F)(F)F. The van der Waals surface area contributed by atoms with Gasteiger partial charge in [-0.2, -0.15) is 13.2 Å². The Morgan fingerprint density at radius 2 is 1.76 bits per heavy atom. The number of carbonyl (C=O) groups excluding carboxylic acids is 2. The smallest absolute Gasteiger partial charge is 0.365 e. The number of ether oxygens (including phenoxy) is 1. The first-order valence-corrected chi connectivity index (χ1v) is 10.9. The number of halogens is 3. The highest BCUT2D eigenvalue weighted by Crippen LogP contribution is 2.67. The van der Waals surface area contributed by atoms with Crippen LogP contribution in [0.4, 0.5) is 13.2 Å². The molecule has 3 nitrogen and oxygen atoms in total. The van der Waals surface area contributed by atoms with E-state index in [1.54, 1.807) is 0 Å². The van der Waals surface area contributed by atoms with E-state index in [-0.39, 0.29) is 16.7 Å². The average molecular weight is 410 g/mol. The van der Waals surface area contributed by atoms with Gasteiger partial charge in [-0.25, -0.2) is 4.79 Å². The Morgan fingerprint density at radius 1 is 1.03 bits per heavy atom. The van der Waals surface area contributed by atoms with Crippen LogP contribution in [0.5, 0.6) is 0 Å². The first-order chi connectivity index (χ1) is 13.6. The fourth-order valence-electron chi connectivity index (χ4n) is 7.49. The summed E-state index contributed by atoms with van der Waals surface area (Å²) in [5.74, 6) is 3.24. The standard InChI is InChI=1S/C23H29F3O3/c1-21-11-8-19-17(5-3-15-13-16(27)7-10-22(15,19)2)18(21)6-4-14(21)9-12-29-20(28)23(24,25)26/h14-15,17-19H,3-8,10-11,13H2,1-2H3/t14-,15?,17+,18+,19+,21-,22+/m1/s1. The molecule has 4 aliphatic carbocycles. The van der Waals surface area contributed by atoms with Gasteiger partial charge in [-0.15, -0.1) is 0 Å². The molecule has 0 N–H and O–H groups in total. The highest BCUT2D eigenvalue weighted by atomic mass is 19.4. The zero-order valence-corrected chi connectivity index (χ0v) is 17.1. The van der Waals surface area contributed by atoms with Crippen LogP contribution in [-0.2, 0) is 14.3 Å². The van der Waals surface area contributed by atoms with Crippen molar-refractivity contribution in [2.75, 3.05) is 0 Å². The van der Waals surface area contributed by atoms with Gasteiger partial charge in [-0.1, -0.05) is 19.8 Å². The van der Waals surface area contributed by atoms with Crippen molar-refractivity contribution in [3.05, 3.63) is 0 Å². The Labute approximate surface area is 170 Å². The maximum Gasteiger partial charge on any atom is 0.492 e. The summed E-state index contributed by atoms with van der Waals surface area (Å²) in [7, 11) is 0. The Balaban J connectivity index is 1.49. The van der Waals surface area contributed by atoms with Crippen molar-refractivity contribution in [1.29, 1.82) is 0 Å². The number of hydrogen-bond donors (Lipinski definition) is 0. The quantitative estimate of drug-likeness (QED) is 0.403. The molecule has 1 unspecified atom stereocenters. The lowest BCUT2D eigenvalue weighted by Gasteiger charge is -2.60. The van der Waals surface area contributed by atoms with Crippen molar-refractivity contribution in [1.82, 2.24) is 0 Å². The summed E-state index contributed by atoms with van der Waals surface area (Å²) in [5, 5.41) is 0. The highest BCUT2D eigenvalue weighted by molar-refractivity contribution is 5.79. The van der Waals surface area contributed by atoms with Gasteiger partial charge in [-0.3, -0.25) is 4.79 Å². The Morgan fingerprint density at radius 3 is 2.48 bits per heavy atom. The van der Waals surface area contributed by atoms with E-state index < -0.39 is 12.1 Å². The second-order valence-corrected chi connectivity index (χ2v) is 10.2. The first-order valence-electron chi connectivity index (χ1n) is 10.9. The van der Waals surface area contributed by atoms with Crippen LogP contribution in [0.15, 0.2) is 0 Å². The maximum atomic E-state index is 12.3. The van der Waals surface area contributed by atoms with Crippen molar-refractivity contribution in [3.63, 3.8) is 0 Å². The van der Waals surface area contributed by atoms with E-state index in [9.17, 15) is 22.8 Å². The molecule has 0 aliphatic heterocycles. The normalized spacial score (nSPS) is 44.0. The number of rotatable bonds is 0. The molecule has 0 aromatic rings. The Bertz CT molecular complexity index is 764. The number of ketones is 1. The summed E-state index contributed by atoms with van der Waals surface area (Å²) in [6, 6.07) is 0. The monoisotopic (exact) mass is 410 g/mol. The van der Waals surface area contributed by atoms with Crippen molar-refractivity contribution in [2.24, 2.45) is 40.4 Å². The van der Waals surface area contributed by atoms with Crippen molar-refractivity contribution >= 4 is 11.8 Å². The lowest BCUT2D eigenvalue weighted by Crippen LogP contribution is -2.53. The van der Waals surface area contributed by atoms with Crippen LogP contribution in [0.25, 0.3) is 0 Å². The van der Waals surface area contributed by atoms with Crippen LogP contribution in [-0.4, -0.2) is 17.9 Å². The molecule has 6 heteroatoms. The van der Waals surface area contributed by atoms with Crippen LogP contribution < -0.4 is 0 Å². The van der Waals surface area contributed by atoms with Gasteiger partial charge in [0, 0.05) is 18.8 Å². The number of carbonyl (C=O) groups is 2. The molecule has 4 aliphatic rings. The van der Waals surface area contributed by atoms with Crippen LogP contribution in [0.1, 0.15) is 71.6 Å². The van der Waals surface area contributed by atoms with E-state index >= 15 is 0 Å². The van der Waals surface area contributed by atoms with E-state index in [0.717, 1.165) is 51.4 Å². The summed E-state index contributed by atoms with van der Waals surface area (Å²) in [6.07, 6.45) is 5.72. The van der Waals surface area contributed by atoms with E-state index in [2.05, 4.69) is 30.6 Å². The van der Waals surface area contributed by atoms with Gasteiger partial charge in [0.15, 0.2) is 0 Å². The van der Waals surface area contributed by atoms with Gasteiger partial charge in [0.25, 0.3) is 0 Å². The molecule has 4 saturated carbocycles. The minimum atomic E-state index is -5.01. The van der Waals surface area contributed by atoms with E-state index in [1.165, 1.54) is 0 Å². The maximum absolute atomic E-state index is 12.3. The molecule has 0 radical (unpaired) electrons. The molecule has 0 aromatic heterocycles. The number of hydrogen-bond acceptors (Lipinski definition) is 3. The third kappa shape index (κ3) is 3.39. The summed E-state index contributed by atoms with van der Waals surface area (Å²) in [5.41, 5.74) is 0.205. The molecule has 0 saturated heterocycles. The zero-order chi connectivity index (χ0) is 21.0. The third-order valence-corrected chi connectivity index (χ3v) is 9.09. The van der Waals surface area contributed by atoms with Crippen molar-refractivity contribution in [3.8, 4) is 12.0 Å². The topological polar surface area (TPSA) is 43.4 Å². The molecule has 29 heavy (non-hydrogen) atoms. The highest BCUT2D eigenvalue weighted by Gasteiger charge is 2.60. The average Bonchev–Trinajstić information content (AvgIpc) is 2.98. The predicted molar refractivity (Wildman–Crippen MR) is 100 cm³/mol. The number of alkyl halides is 3.